The molecule has 0 amide bonds. The van der Waals surface area contributed by atoms with Gasteiger partial charge in [-0.25, -0.2) is 0 Å². The first-order valence-corrected chi connectivity index (χ1v) is 5.04. The SMILES string of the molecule is COC(C)[O][Ge][O]C(C)OC. The molecular weight excluding hydrogens is 209 g/mol. The Morgan fingerprint density at radius 3 is 1.55 bits per heavy atom. The summed E-state index contributed by atoms with van der Waals surface area (Å²) < 4.78 is 20.0. The fraction of sp³-hybridized carbons (Fsp3) is 1.00. The minimum absolute atomic E-state index is 0.181. The fourth-order valence-corrected chi connectivity index (χ4v) is 1.35. The van der Waals surface area contributed by atoms with Crippen LogP contribution < -0.4 is 0 Å². The van der Waals surface area contributed by atoms with Gasteiger partial charge in [0, 0.05) is 0 Å². The molecule has 2 unspecified atom stereocenters. The first-order chi connectivity index (χ1) is 5.20. The molecule has 0 aromatic rings. The summed E-state index contributed by atoms with van der Waals surface area (Å²) in [4.78, 5) is 0. The van der Waals surface area contributed by atoms with Crippen molar-refractivity contribution in [2.24, 2.45) is 0 Å². The first kappa shape index (κ1) is 11.4. The van der Waals surface area contributed by atoms with Gasteiger partial charge in [0.05, 0.1) is 0 Å². The van der Waals surface area contributed by atoms with Crippen molar-refractivity contribution in [3.05, 3.63) is 0 Å². The van der Waals surface area contributed by atoms with Crippen molar-refractivity contribution in [3.8, 4) is 0 Å². The molecule has 0 aliphatic heterocycles. The summed E-state index contributed by atoms with van der Waals surface area (Å²) in [5.41, 5.74) is 0. The summed E-state index contributed by atoms with van der Waals surface area (Å²) in [6.45, 7) is 3.65. The van der Waals surface area contributed by atoms with E-state index in [-0.39, 0.29) is 12.6 Å². The van der Waals surface area contributed by atoms with E-state index in [2.05, 4.69) is 0 Å². The molecule has 0 bridgehead atoms. The molecule has 2 radical (unpaired) electrons. The molecule has 2 atom stereocenters. The van der Waals surface area contributed by atoms with Gasteiger partial charge in [-0.05, 0) is 0 Å². The van der Waals surface area contributed by atoms with Gasteiger partial charge in [-0.3, -0.25) is 0 Å². The fourth-order valence-electron chi connectivity index (χ4n) is 0.260. The zero-order valence-corrected chi connectivity index (χ0v) is 9.39. The van der Waals surface area contributed by atoms with Gasteiger partial charge in [-0.15, -0.1) is 0 Å². The zero-order chi connectivity index (χ0) is 8.69. The molecule has 0 aromatic carbocycles. The van der Waals surface area contributed by atoms with Crippen LogP contribution in [0.15, 0.2) is 0 Å². The van der Waals surface area contributed by atoms with Crippen molar-refractivity contribution in [3.63, 3.8) is 0 Å². The van der Waals surface area contributed by atoms with Gasteiger partial charge < -0.3 is 0 Å². The molecule has 0 saturated heterocycles. The van der Waals surface area contributed by atoms with Crippen molar-refractivity contribution in [1.29, 1.82) is 0 Å². The molecule has 5 heteroatoms. The first-order valence-electron chi connectivity index (χ1n) is 3.32. The Labute approximate surface area is 74.3 Å². The minimum atomic E-state index is -0.842. The van der Waals surface area contributed by atoms with Gasteiger partial charge in [-0.2, -0.15) is 0 Å². The monoisotopic (exact) mass is 224 g/mol. The molecular formula is C6H14GeO4. The normalized spacial score (nSPS) is 16.4. The van der Waals surface area contributed by atoms with E-state index in [0.717, 1.165) is 0 Å². The molecule has 0 heterocycles. The standard InChI is InChI=1S/C6H14GeO4/c1-5(8-3)10-7-11-6(2)9-4/h5-6H,1-4H3. The maximum atomic E-state index is 5.16. The Balaban J connectivity index is 3.13. The van der Waals surface area contributed by atoms with Crippen LogP contribution in [-0.4, -0.2) is 42.9 Å². The van der Waals surface area contributed by atoms with Crippen molar-refractivity contribution >= 4 is 16.1 Å². The van der Waals surface area contributed by atoms with E-state index in [4.69, 9.17) is 17.0 Å². The molecule has 0 saturated carbocycles. The Morgan fingerprint density at radius 1 is 0.909 bits per heavy atom. The Bertz CT molecular complexity index is 80.7. The van der Waals surface area contributed by atoms with Crippen LogP contribution in [0.5, 0.6) is 0 Å². The third-order valence-electron chi connectivity index (χ3n) is 1.09. The molecule has 0 rings (SSSR count). The molecule has 0 aliphatic carbocycles. The molecule has 0 N–H and O–H groups in total. The van der Waals surface area contributed by atoms with Crippen LogP contribution in [0.2, 0.25) is 0 Å². The van der Waals surface area contributed by atoms with E-state index >= 15 is 0 Å². The third kappa shape index (κ3) is 6.77. The quantitative estimate of drug-likeness (QED) is 0.486. The van der Waals surface area contributed by atoms with Gasteiger partial charge in [0.25, 0.3) is 0 Å². The average Bonchev–Trinajstić information content (AvgIpc) is 2.04. The summed E-state index contributed by atoms with van der Waals surface area (Å²) in [6.07, 6.45) is -0.363. The summed E-state index contributed by atoms with van der Waals surface area (Å²) in [7, 11) is 3.19. The van der Waals surface area contributed by atoms with E-state index in [1.165, 1.54) is 0 Å². The van der Waals surface area contributed by atoms with E-state index in [1.54, 1.807) is 14.2 Å². The van der Waals surface area contributed by atoms with Crippen LogP contribution in [0.1, 0.15) is 13.8 Å². The second kappa shape index (κ2) is 7.05. The van der Waals surface area contributed by atoms with Crippen molar-refractivity contribution < 1.29 is 17.0 Å². The van der Waals surface area contributed by atoms with Crippen LogP contribution in [0.25, 0.3) is 0 Å². The van der Waals surface area contributed by atoms with Crippen molar-refractivity contribution in [2.75, 3.05) is 14.2 Å². The van der Waals surface area contributed by atoms with Crippen LogP contribution in [0.3, 0.4) is 0 Å². The van der Waals surface area contributed by atoms with E-state index < -0.39 is 16.1 Å². The Kier molecular flexibility index (Phi) is 7.30. The molecule has 11 heavy (non-hydrogen) atoms. The van der Waals surface area contributed by atoms with Gasteiger partial charge >= 0.3 is 73.8 Å². The molecule has 66 valence electrons. The van der Waals surface area contributed by atoms with E-state index in [0.29, 0.717) is 0 Å². The summed E-state index contributed by atoms with van der Waals surface area (Å²) in [5.74, 6) is 0. The number of hydrogen-bond donors (Lipinski definition) is 0. The summed E-state index contributed by atoms with van der Waals surface area (Å²) >= 11 is -0.842. The summed E-state index contributed by atoms with van der Waals surface area (Å²) in [6, 6.07) is 0. The Hall–Kier alpha value is 0.383. The van der Waals surface area contributed by atoms with Gasteiger partial charge in [0.15, 0.2) is 0 Å². The molecule has 0 fully saturated rings. The topological polar surface area (TPSA) is 36.9 Å². The van der Waals surface area contributed by atoms with Crippen molar-refractivity contribution in [2.45, 2.75) is 26.4 Å². The predicted molar refractivity (Wildman–Crippen MR) is 40.9 cm³/mol. The van der Waals surface area contributed by atoms with Crippen LogP contribution in [0.4, 0.5) is 0 Å². The second-order valence-electron chi connectivity index (χ2n) is 1.93. The van der Waals surface area contributed by atoms with Gasteiger partial charge in [-0.1, -0.05) is 0 Å². The van der Waals surface area contributed by atoms with Crippen LogP contribution in [0, 0.1) is 0 Å². The van der Waals surface area contributed by atoms with Crippen LogP contribution >= 0.6 is 0 Å². The zero-order valence-electron chi connectivity index (χ0n) is 7.29. The molecule has 0 spiro atoms. The van der Waals surface area contributed by atoms with Gasteiger partial charge in [0.1, 0.15) is 0 Å². The number of hydrogen-bond acceptors (Lipinski definition) is 4. The third-order valence-corrected chi connectivity index (χ3v) is 2.89. The van der Waals surface area contributed by atoms with Crippen LogP contribution in [-0.2, 0) is 17.0 Å². The van der Waals surface area contributed by atoms with Gasteiger partial charge in [0.2, 0.25) is 0 Å². The predicted octanol–water partition coefficient (Wildman–Crippen LogP) is 0.539. The van der Waals surface area contributed by atoms with E-state index in [9.17, 15) is 0 Å². The molecule has 0 aliphatic rings. The van der Waals surface area contributed by atoms with Crippen molar-refractivity contribution in [1.82, 2.24) is 0 Å². The second-order valence-corrected chi connectivity index (χ2v) is 3.26. The molecule has 4 nitrogen and oxygen atoms in total. The average molecular weight is 223 g/mol. The Morgan fingerprint density at radius 2 is 1.27 bits per heavy atom. The maximum absolute atomic E-state index is 5.16. The molecule has 0 aromatic heterocycles. The van der Waals surface area contributed by atoms with E-state index in [1.807, 2.05) is 13.8 Å². The number of rotatable bonds is 6. The number of ether oxygens (including phenoxy) is 2. The number of methoxy groups -OCH3 is 2. The summed E-state index contributed by atoms with van der Waals surface area (Å²) in [5, 5.41) is 0.